The standard InChI is InChI=1S/C18H27N3O3S.ClH/c1-4-20(5-2)25(23,24)16-6-7-17-14(10-16)8-9-21(17)18(22)13(3)15-11-19-12-15;/h6-7,10,13,15,19H,4-5,8-9,11-12H2,1-3H3;1H. The SMILES string of the molecule is CCN(CC)S(=O)(=O)c1ccc2c(c1)CCN2C(=O)C(C)C1CNC1.Cl. The second kappa shape index (κ2) is 8.25. The number of nitrogens with one attached hydrogen (secondary N) is 1. The lowest BCUT2D eigenvalue weighted by atomic mass is 9.88. The van der Waals surface area contributed by atoms with E-state index in [0.717, 1.165) is 24.3 Å². The van der Waals surface area contributed by atoms with Gasteiger partial charge in [-0.3, -0.25) is 4.79 Å². The summed E-state index contributed by atoms with van der Waals surface area (Å²) in [5, 5.41) is 3.21. The molecule has 0 aliphatic carbocycles. The van der Waals surface area contributed by atoms with Crippen LogP contribution in [0.5, 0.6) is 0 Å². The fraction of sp³-hybridized carbons (Fsp3) is 0.611. The molecule has 1 N–H and O–H groups in total. The Morgan fingerprint density at radius 3 is 2.50 bits per heavy atom. The normalized spacial score (nSPS) is 18.2. The smallest absolute Gasteiger partial charge is 0.243 e. The highest BCUT2D eigenvalue weighted by atomic mass is 35.5. The molecule has 8 heteroatoms. The van der Waals surface area contributed by atoms with Gasteiger partial charge in [0.05, 0.1) is 4.90 Å². The molecule has 1 aromatic rings. The van der Waals surface area contributed by atoms with E-state index in [0.29, 0.717) is 36.9 Å². The Bertz CT molecular complexity index is 761. The van der Waals surface area contributed by atoms with Gasteiger partial charge in [-0.1, -0.05) is 20.8 Å². The van der Waals surface area contributed by atoms with E-state index < -0.39 is 10.0 Å². The number of rotatable bonds is 6. The summed E-state index contributed by atoms with van der Waals surface area (Å²) in [7, 11) is -3.46. The number of sulfonamides is 1. The van der Waals surface area contributed by atoms with E-state index in [9.17, 15) is 13.2 Å². The molecule has 1 amide bonds. The van der Waals surface area contributed by atoms with Gasteiger partial charge in [0.15, 0.2) is 0 Å². The summed E-state index contributed by atoms with van der Waals surface area (Å²) in [6.07, 6.45) is 0.707. The van der Waals surface area contributed by atoms with Gasteiger partial charge < -0.3 is 10.2 Å². The number of halogens is 1. The second-order valence-corrected chi connectivity index (χ2v) is 8.76. The predicted octanol–water partition coefficient (Wildman–Crippen LogP) is 1.88. The lowest BCUT2D eigenvalue weighted by molar-refractivity contribution is -0.123. The van der Waals surface area contributed by atoms with Gasteiger partial charge in [0.2, 0.25) is 15.9 Å². The first-order valence-corrected chi connectivity index (χ1v) is 10.5. The molecule has 1 fully saturated rings. The van der Waals surface area contributed by atoms with Crippen LogP contribution in [0.3, 0.4) is 0 Å². The Hall–Kier alpha value is -1.15. The number of nitrogens with zero attached hydrogens (tertiary/aromatic N) is 2. The van der Waals surface area contributed by atoms with Crippen LogP contribution < -0.4 is 10.2 Å². The van der Waals surface area contributed by atoms with Crippen molar-refractivity contribution in [1.29, 1.82) is 0 Å². The van der Waals surface area contributed by atoms with Crippen molar-refractivity contribution < 1.29 is 13.2 Å². The molecule has 0 saturated carbocycles. The molecule has 0 aromatic heterocycles. The van der Waals surface area contributed by atoms with Gasteiger partial charge in [0, 0.05) is 31.2 Å². The Balaban J connectivity index is 0.00000243. The fourth-order valence-electron chi connectivity index (χ4n) is 3.59. The van der Waals surface area contributed by atoms with Crippen molar-refractivity contribution in [2.24, 2.45) is 11.8 Å². The summed E-state index contributed by atoms with van der Waals surface area (Å²) in [4.78, 5) is 14.9. The number of hydrogen-bond acceptors (Lipinski definition) is 4. The van der Waals surface area contributed by atoms with Crippen LogP contribution in [0.1, 0.15) is 26.3 Å². The highest BCUT2D eigenvalue weighted by molar-refractivity contribution is 7.89. The third-order valence-corrected chi connectivity index (χ3v) is 7.51. The minimum absolute atomic E-state index is 0. The van der Waals surface area contributed by atoms with Gasteiger partial charge in [-0.25, -0.2) is 8.42 Å². The van der Waals surface area contributed by atoms with Crippen molar-refractivity contribution in [1.82, 2.24) is 9.62 Å². The van der Waals surface area contributed by atoms with Gasteiger partial charge in [0.1, 0.15) is 0 Å². The second-order valence-electron chi connectivity index (χ2n) is 6.83. The van der Waals surface area contributed by atoms with Crippen LogP contribution in [0.25, 0.3) is 0 Å². The van der Waals surface area contributed by atoms with Crippen LogP contribution >= 0.6 is 12.4 Å². The average molecular weight is 402 g/mol. The van der Waals surface area contributed by atoms with Gasteiger partial charge >= 0.3 is 0 Å². The first kappa shape index (κ1) is 21.2. The molecule has 146 valence electrons. The van der Waals surface area contributed by atoms with E-state index in [1.54, 1.807) is 18.2 Å². The summed E-state index contributed by atoms with van der Waals surface area (Å²) >= 11 is 0. The molecule has 1 atom stereocenters. The maximum Gasteiger partial charge on any atom is 0.243 e. The molecule has 2 heterocycles. The quantitative estimate of drug-likeness (QED) is 0.790. The molecule has 0 radical (unpaired) electrons. The van der Waals surface area contributed by atoms with Crippen molar-refractivity contribution in [2.45, 2.75) is 32.1 Å². The molecule has 2 aliphatic heterocycles. The Kier molecular flexibility index (Phi) is 6.71. The van der Waals surface area contributed by atoms with Crippen molar-refractivity contribution in [3.63, 3.8) is 0 Å². The Morgan fingerprint density at radius 2 is 1.96 bits per heavy atom. The number of carbonyl (C=O) groups excluding carboxylic acids is 1. The highest BCUT2D eigenvalue weighted by Crippen LogP contribution is 2.33. The molecule has 0 bridgehead atoms. The topological polar surface area (TPSA) is 69.7 Å². The highest BCUT2D eigenvalue weighted by Gasteiger charge is 2.35. The predicted molar refractivity (Wildman–Crippen MR) is 105 cm³/mol. The number of benzene rings is 1. The van der Waals surface area contributed by atoms with E-state index in [1.807, 2.05) is 25.7 Å². The number of fused-ring (bicyclic) bond motifs is 1. The molecule has 1 saturated heterocycles. The lowest BCUT2D eigenvalue weighted by Gasteiger charge is -2.34. The zero-order chi connectivity index (χ0) is 18.2. The van der Waals surface area contributed by atoms with Gasteiger partial charge in [-0.05, 0) is 49.2 Å². The zero-order valence-electron chi connectivity index (χ0n) is 15.6. The Labute approximate surface area is 162 Å². The summed E-state index contributed by atoms with van der Waals surface area (Å²) in [5.74, 6) is 0.537. The van der Waals surface area contributed by atoms with E-state index in [-0.39, 0.29) is 24.2 Å². The molecule has 0 spiro atoms. The van der Waals surface area contributed by atoms with Gasteiger partial charge in [-0.15, -0.1) is 12.4 Å². The third kappa shape index (κ3) is 3.63. The van der Waals surface area contributed by atoms with E-state index in [1.165, 1.54) is 4.31 Å². The van der Waals surface area contributed by atoms with Crippen molar-refractivity contribution in [3.05, 3.63) is 23.8 Å². The third-order valence-electron chi connectivity index (χ3n) is 5.47. The maximum atomic E-state index is 12.8. The van der Waals surface area contributed by atoms with E-state index >= 15 is 0 Å². The summed E-state index contributed by atoms with van der Waals surface area (Å²) in [6.45, 7) is 9.00. The molecule has 2 aliphatic rings. The average Bonchev–Trinajstić information content (AvgIpc) is 2.96. The summed E-state index contributed by atoms with van der Waals surface area (Å²) < 4.78 is 26.8. The largest absolute Gasteiger partial charge is 0.316 e. The van der Waals surface area contributed by atoms with Crippen LogP contribution in [-0.4, -0.2) is 51.4 Å². The van der Waals surface area contributed by atoms with Gasteiger partial charge in [-0.2, -0.15) is 4.31 Å². The minimum Gasteiger partial charge on any atom is -0.316 e. The van der Waals surface area contributed by atoms with E-state index in [4.69, 9.17) is 0 Å². The first-order chi connectivity index (χ1) is 11.9. The fourth-order valence-corrected chi connectivity index (χ4v) is 5.10. The number of carbonyl (C=O) groups is 1. The van der Waals surface area contributed by atoms with Crippen molar-refractivity contribution >= 4 is 34.0 Å². The molecule has 26 heavy (non-hydrogen) atoms. The van der Waals surface area contributed by atoms with Crippen molar-refractivity contribution in [2.75, 3.05) is 37.6 Å². The number of anilines is 1. The molecule has 1 aromatic carbocycles. The lowest BCUT2D eigenvalue weighted by Crippen LogP contribution is -2.50. The molecule has 6 nitrogen and oxygen atoms in total. The van der Waals surface area contributed by atoms with Crippen LogP contribution in [0.2, 0.25) is 0 Å². The monoisotopic (exact) mass is 401 g/mol. The molecule has 1 unspecified atom stereocenters. The summed E-state index contributed by atoms with van der Waals surface area (Å²) in [6, 6.07) is 5.17. The van der Waals surface area contributed by atoms with Crippen LogP contribution in [0.15, 0.2) is 23.1 Å². The molecular formula is C18H28ClN3O3S. The first-order valence-electron chi connectivity index (χ1n) is 9.05. The van der Waals surface area contributed by atoms with Crippen LogP contribution in [-0.2, 0) is 21.2 Å². The number of hydrogen-bond donors (Lipinski definition) is 1. The van der Waals surface area contributed by atoms with Crippen LogP contribution in [0.4, 0.5) is 5.69 Å². The molecular weight excluding hydrogens is 374 g/mol. The number of amides is 1. The Morgan fingerprint density at radius 1 is 1.31 bits per heavy atom. The van der Waals surface area contributed by atoms with Crippen LogP contribution in [0, 0.1) is 11.8 Å². The minimum atomic E-state index is -3.46. The maximum absolute atomic E-state index is 12.8. The van der Waals surface area contributed by atoms with Gasteiger partial charge in [0.25, 0.3) is 0 Å². The summed E-state index contributed by atoms with van der Waals surface area (Å²) in [5.41, 5.74) is 1.81. The zero-order valence-corrected chi connectivity index (χ0v) is 17.2. The molecule has 3 rings (SSSR count). The van der Waals surface area contributed by atoms with Crippen molar-refractivity contribution in [3.8, 4) is 0 Å². The van der Waals surface area contributed by atoms with E-state index in [2.05, 4.69) is 5.32 Å².